The van der Waals surface area contributed by atoms with Gasteiger partial charge < -0.3 is 10.6 Å². The first-order chi connectivity index (χ1) is 11.9. The Balaban J connectivity index is 1.85. The molecule has 0 aliphatic heterocycles. The average molecular weight is 354 g/mol. The Bertz CT molecular complexity index is 611. The molecular formula is C19H25F3N2O. The van der Waals surface area contributed by atoms with E-state index in [1.807, 2.05) is 0 Å². The molecule has 2 unspecified atom stereocenters. The van der Waals surface area contributed by atoms with E-state index in [9.17, 15) is 18.0 Å². The third-order valence-corrected chi connectivity index (χ3v) is 5.53. The van der Waals surface area contributed by atoms with Crippen LogP contribution in [-0.2, 0) is 17.5 Å². The van der Waals surface area contributed by atoms with Crippen molar-refractivity contribution in [1.82, 2.24) is 4.90 Å². The summed E-state index contributed by atoms with van der Waals surface area (Å²) in [5, 5.41) is 0. The van der Waals surface area contributed by atoms with Crippen LogP contribution in [0.4, 0.5) is 13.2 Å². The second kappa shape index (κ2) is 7.36. The van der Waals surface area contributed by atoms with Gasteiger partial charge in [0.2, 0.25) is 5.91 Å². The summed E-state index contributed by atoms with van der Waals surface area (Å²) in [4.78, 5) is 14.7. The van der Waals surface area contributed by atoms with Crippen LogP contribution in [-0.4, -0.2) is 22.9 Å². The van der Waals surface area contributed by atoms with Gasteiger partial charge in [0, 0.05) is 24.5 Å². The van der Waals surface area contributed by atoms with Gasteiger partial charge in [-0.3, -0.25) is 4.79 Å². The van der Waals surface area contributed by atoms with Crippen molar-refractivity contribution < 1.29 is 18.0 Å². The predicted octanol–water partition coefficient (Wildman–Crippen LogP) is 4.10. The molecule has 0 aromatic heterocycles. The summed E-state index contributed by atoms with van der Waals surface area (Å²) < 4.78 is 39.9. The number of carbonyl (C=O) groups excluding carboxylic acids is 1. The summed E-state index contributed by atoms with van der Waals surface area (Å²) in [6.45, 7) is 0.0327. The monoisotopic (exact) mass is 354 g/mol. The first-order valence-corrected chi connectivity index (χ1v) is 9.07. The van der Waals surface area contributed by atoms with Gasteiger partial charge >= 0.3 is 6.18 Å². The largest absolute Gasteiger partial charge is 0.416 e. The van der Waals surface area contributed by atoms with Crippen LogP contribution >= 0.6 is 0 Å². The van der Waals surface area contributed by atoms with E-state index in [0.29, 0.717) is 6.42 Å². The minimum atomic E-state index is -4.41. The minimum absolute atomic E-state index is 0.0168. The molecule has 25 heavy (non-hydrogen) atoms. The van der Waals surface area contributed by atoms with Crippen molar-refractivity contribution in [2.75, 3.05) is 0 Å². The molecule has 6 heteroatoms. The van der Waals surface area contributed by atoms with Crippen LogP contribution in [0.25, 0.3) is 0 Å². The van der Waals surface area contributed by atoms with E-state index in [1.54, 1.807) is 11.0 Å². The lowest BCUT2D eigenvalue weighted by atomic mass is 10.0. The molecule has 3 nitrogen and oxygen atoms in total. The molecule has 1 amide bonds. The summed E-state index contributed by atoms with van der Waals surface area (Å²) in [6, 6.07) is 5.65. The maximum Gasteiger partial charge on any atom is 0.416 e. The van der Waals surface area contributed by atoms with Crippen molar-refractivity contribution in [3.05, 3.63) is 35.4 Å². The standard InChI is InChI=1S/C19H25F3N2O/c20-19(21,22)17-8-4-1-5-14(17)12-24(16-6-2-3-7-16)18(25)13-9-10-15(23)11-13/h1,4-5,8,13,15-16H,2-3,6-7,9-12,23H2. The maximum absolute atomic E-state index is 13.3. The Kier molecular flexibility index (Phi) is 5.37. The number of halogens is 3. The summed E-state index contributed by atoms with van der Waals surface area (Å²) in [5.41, 5.74) is 5.46. The molecule has 3 rings (SSSR count). The molecule has 2 aliphatic carbocycles. The molecule has 0 heterocycles. The summed E-state index contributed by atoms with van der Waals surface area (Å²) in [7, 11) is 0. The van der Waals surface area contributed by atoms with Crippen molar-refractivity contribution in [1.29, 1.82) is 0 Å². The van der Waals surface area contributed by atoms with Gasteiger partial charge in [-0.05, 0) is 43.7 Å². The fourth-order valence-electron chi connectivity index (χ4n) is 4.20. The van der Waals surface area contributed by atoms with E-state index < -0.39 is 11.7 Å². The highest BCUT2D eigenvalue weighted by molar-refractivity contribution is 5.79. The second-order valence-electron chi connectivity index (χ2n) is 7.33. The van der Waals surface area contributed by atoms with Crippen molar-refractivity contribution in [2.24, 2.45) is 11.7 Å². The quantitative estimate of drug-likeness (QED) is 0.885. The van der Waals surface area contributed by atoms with Crippen LogP contribution in [0.3, 0.4) is 0 Å². The van der Waals surface area contributed by atoms with E-state index in [4.69, 9.17) is 5.73 Å². The number of hydrogen-bond acceptors (Lipinski definition) is 2. The molecule has 1 aromatic carbocycles. The molecular weight excluding hydrogens is 329 g/mol. The molecule has 2 aliphatic rings. The molecule has 1 aromatic rings. The van der Waals surface area contributed by atoms with E-state index in [-0.39, 0.29) is 36.0 Å². The molecule has 2 saturated carbocycles. The number of nitrogens with two attached hydrogens (primary N) is 1. The lowest BCUT2D eigenvalue weighted by Gasteiger charge is -2.32. The molecule has 0 bridgehead atoms. The highest BCUT2D eigenvalue weighted by atomic mass is 19.4. The number of alkyl halides is 3. The molecule has 2 fully saturated rings. The Morgan fingerprint density at radius 2 is 1.80 bits per heavy atom. The third-order valence-electron chi connectivity index (χ3n) is 5.53. The Morgan fingerprint density at radius 1 is 1.12 bits per heavy atom. The van der Waals surface area contributed by atoms with Crippen molar-refractivity contribution >= 4 is 5.91 Å². The minimum Gasteiger partial charge on any atom is -0.335 e. The Labute approximate surface area is 146 Å². The van der Waals surface area contributed by atoms with Crippen molar-refractivity contribution in [2.45, 2.75) is 69.8 Å². The normalized spacial score (nSPS) is 24.6. The number of amides is 1. The zero-order valence-corrected chi connectivity index (χ0v) is 14.3. The van der Waals surface area contributed by atoms with Gasteiger partial charge in [-0.15, -0.1) is 0 Å². The Morgan fingerprint density at radius 3 is 2.40 bits per heavy atom. The summed E-state index contributed by atoms with van der Waals surface area (Å²) in [5.74, 6) is -0.162. The smallest absolute Gasteiger partial charge is 0.335 e. The van der Waals surface area contributed by atoms with Gasteiger partial charge in [-0.25, -0.2) is 0 Å². The van der Waals surface area contributed by atoms with Crippen molar-refractivity contribution in [3.8, 4) is 0 Å². The first kappa shape index (κ1) is 18.2. The van der Waals surface area contributed by atoms with E-state index in [2.05, 4.69) is 0 Å². The first-order valence-electron chi connectivity index (χ1n) is 9.07. The third kappa shape index (κ3) is 4.17. The van der Waals surface area contributed by atoms with Crippen molar-refractivity contribution in [3.63, 3.8) is 0 Å². The highest BCUT2D eigenvalue weighted by Crippen LogP contribution is 2.35. The predicted molar refractivity (Wildman–Crippen MR) is 89.6 cm³/mol. The summed E-state index contributed by atoms with van der Waals surface area (Å²) in [6.07, 6.45) is 1.59. The second-order valence-corrected chi connectivity index (χ2v) is 7.33. The number of hydrogen-bond donors (Lipinski definition) is 1. The molecule has 138 valence electrons. The van der Waals surface area contributed by atoms with Crippen LogP contribution in [0.5, 0.6) is 0 Å². The van der Waals surface area contributed by atoms with Gasteiger partial charge in [0.15, 0.2) is 0 Å². The zero-order valence-electron chi connectivity index (χ0n) is 14.3. The van der Waals surface area contributed by atoms with Gasteiger partial charge in [-0.1, -0.05) is 31.0 Å². The van der Waals surface area contributed by atoms with Crippen LogP contribution in [0, 0.1) is 5.92 Å². The lowest BCUT2D eigenvalue weighted by molar-refractivity contribution is -0.142. The number of benzene rings is 1. The molecule has 2 atom stereocenters. The van der Waals surface area contributed by atoms with Gasteiger partial charge in [0.05, 0.1) is 5.56 Å². The lowest BCUT2D eigenvalue weighted by Crippen LogP contribution is -2.42. The topological polar surface area (TPSA) is 46.3 Å². The highest BCUT2D eigenvalue weighted by Gasteiger charge is 2.37. The fraction of sp³-hybridized carbons (Fsp3) is 0.632. The number of nitrogens with zero attached hydrogens (tertiary/aromatic N) is 1. The molecule has 0 radical (unpaired) electrons. The van der Waals surface area contributed by atoms with Crippen LogP contribution in [0.2, 0.25) is 0 Å². The molecule has 0 saturated heterocycles. The van der Waals surface area contributed by atoms with Crippen LogP contribution in [0.15, 0.2) is 24.3 Å². The maximum atomic E-state index is 13.3. The fourth-order valence-corrected chi connectivity index (χ4v) is 4.20. The molecule has 2 N–H and O–H groups in total. The Hall–Kier alpha value is -1.56. The summed E-state index contributed by atoms with van der Waals surface area (Å²) >= 11 is 0. The van der Waals surface area contributed by atoms with Crippen LogP contribution in [0.1, 0.15) is 56.1 Å². The van der Waals surface area contributed by atoms with E-state index >= 15 is 0 Å². The van der Waals surface area contributed by atoms with Gasteiger partial charge in [0.1, 0.15) is 0 Å². The van der Waals surface area contributed by atoms with Crippen LogP contribution < -0.4 is 5.73 Å². The average Bonchev–Trinajstić information content (AvgIpc) is 3.23. The molecule has 0 spiro atoms. The number of carbonyl (C=O) groups is 1. The number of rotatable bonds is 4. The van der Waals surface area contributed by atoms with E-state index in [1.165, 1.54) is 12.1 Å². The van der Waals surface area contributed by atoms with Gasteiger partial charge in [-0.2, -0.15) is 13.2 Å². The SMILES string of the molecule is NC1CCC(C(=O)N(Cc2ccccc2C(F)(F)F)C2CCCC2)C1. The van der Waals surface area contributed by atoms with E-state index in [0.717, 1.165) is 44.6 Å². The zero-order chi connectivity index (χ0) is 18.0. The van der Waals surface area contributed by atoms with Gasteiger partial charge in [0.25, 0.3) is 0 Å².